The average molecular weight is 589 g/mol. The quantitative estimate of drug-likeness (QED) is 0.219. The Morgan fingerprint density at radius 2 is 1.64 bits per heavy atom. The molecule has 11 unspecified atom stereocenters. The number of carbonyl (C=O) groups is 2. The van der Waals surface area contributed by atoms with Crippen LogP contribution in [0.15, 0.2) is 36.4 Å². The highest BCUT2D eigenvalue weighted by Gasteiger charge is 2.84. The van der Waals surface area contributed by atoms with Gasteiger partial charge in [-0.05, 0) is 50.7 Å². The number of aliphatic hydroxyl groups is 6. The highest BCUT2D eigenvalue weighted by atomic mass is 16.6. The van der Waals surface area contributed by atoms with E-state index in [-0.39, 0.29) is 32.1 Å². The van der Waals surface area contributed by atoms with Gasteiger partial charge in [0.05, 0.1) is 23.2 Å². The van der Waals surface area contributed by atoms with Gasteiger partial charge in [0, 0.05) is 37.2 Å². The van der Waals surface area contributed by atoms with Crippen molar-refractivity contribution in [2.75, 3.05) is 0 Å². The third-order valence-corrected chi connectivity index (χ3v) is 11.9. The van der Waals surface area contributed by atoms with Gasteiger partial charge in [-0.3, -0.25) is 4.79 Å². The predicted octanol–water partition coefficient (Wildman–Crippen LogP) is 1.62. The maximum Gasteiger partial charge on any atom is 0.331 e. The maximum atomic E-state index is 13.3. The first-order chi connectivity index (χ1) is 19.5. The Bertz CT molecular complexity index is 1250. The number of hydrogen-bond donors (Lipinski definition) is 6. The lowest BCUT2D eigenvalue weighted by Crippen LogP contribution is -2.83. The van der Waals surface area contributed by atoms with E-state index in [1.807, 2.05) is 30.3 Å². The second-order valence-corrected chi connectivity index (χ2v) is 13.6. The first-order valence-corrected chi connectivity index (χ1v) is 14.8. The summed E-state index contributed by atoms with van der Waals surface area (Å²) in [6, 6.07) is 9.12. The summed E-state index contributed by atoms with van der Waals surface area (Å²) in [5.41, 5.74) is -10.0. The number of rotatable bonds is 5. The van der Waals surface area contributed by atoms with E-state index in [9.17, 15) is 40.2 Å². The minimum Gasteiger partial charge on any atom is -0.460 e. The van der Waals surface area contributed by atoms with Crippen LogP contribution in [-0.4, -0.2) is 89.4 Å². The molecule has 0 heterocycles. The van der Waals surface area contributed by atoms with E-state index in [4.69, 9.17) is 9.47 Å². The van der Waals surface area contributed by atoms with Crippen LogP contribution in [0.4, 0.5) is 0 Å². The fourth-order valence-electron chi connectivity index (χ4n) is 9.37. The van der Waals surface area contributed by atoms with Crippen LogP contribution in [0.2, 0.25) is 0 Å². The van der Waals surface area contributed by atoms with E-state index < -0.39 is 81.9 Å². The number of benzene rings is 1. The number of ether oxygens (including phenoxy) is 2. The molecule has 0 spiro atoms. The molecule has 1 aromatic carbocycles. The summed E-state index contributed by atoms with van der Waals surface area (Å²) in [6.45, 7) is 5.98. The van der Waals surface area contributed by atoms with Gasteiger partial charge >= 0.3 is 11.9 Å². The summed E-state index contributed by atoms with van der Waals surface area (Å²) in [5.74, 6) is -2.26. The lowest BCUT2D eigenvalue weighted by atomic mass is 9.38. The summed E-state index contributed by atoms with van der Waals surface area (Å²) >= 11 is 0. The van der Waals surface area contributed by atoms with Crippen molar-refractivity contribution in [1.82, 2.24) is 0 Å². The van der Waals surface area contributed by atoms with Crippen molar-refractivity contribution < 1.29 is 49.7 Å². The minimum atomic E-state index is -2.12. The molecule has 11 atom stereocenters. The fraction of sp³-hybridized carbons (Fsp3) is 0.688. The molecule has 6 N–H and O–H groups in total. The van der Waals surface area contributed by atoms with Crippen molar-refractivity contribution >= 4 is 18.0 Å². The summed E-state index contributed by atoms with van der Waals surface area (Å²) in [4.78, 5) is 25.2. The maximum absolute atomic E-state index is 13.3. The van der Waals surface area contributed by atoms with Gasteiger partial charge < -0.3 is 40.1 Å². The summed E-state index contributed by atoms with van der Waals surface area (Å²) in [7, 11) is 0. The van der Waals surface area contributed by atoms with Crippen LogP contribution in [0.25, 0.3) is 6.08 Å². The van der Waals surface area contributed by atoms with Gasteiger partial charge in [-0.15, -0.1) is 0 Å². The van der Waals surface area contributed by atoms with Gasteiger partial charge in [0.25, 0.3) is 0 Å². The monoisotopic (exact) mass is 588 g/mol. The molecule has 4 saturated carbocycles. The smallest absolute Gasteiger partial charge is 0.331 e. The molecular weight excluding hydrogens is 544 g/mol. The van der Waals surface area contributed by atoms with Crippen LogP contribution in [0.3, 0.4) is 0 Å². The van der Waals surface area contributed by atoms with Crippen LogP contribution in [0.1, 0.15) is 78.2 Å². The van der Waals surface area contributed by atoms with E-state index in [1.165, 1.54) is 26.8 Å². The molecule has 10 nitrogen and oxygen atoms in total. The minimum absolute atomic E-state index is 0.0586. The zero-order valence-corrected chi connectivity index (χ0v) is 24.7. The van der Waals surface area contributed by atoms with Crippen molar-refractivity contribution in [1.29, 1.82) is 0 Å². The third-order valence-electron chi connectivity index (χ3n) is 11.9. The highest BCUT2D eigenvalue weighted by molar-refractivity contribution is 5.87. The number of aliphatic hydroxyl groups excluding tert-OH is 2. The van der Waals surface area contributed by atoms with Gasteiger partial charge in [-0.1, -0.05) is 44.2 Å². The van der Waals surface area contributed by atoms with Gasteiger partial charge in [-0.25, -0.2) is 4.79 Å². The molecule has 0 radical (unpaired) electrons. The van der Waals surface area contributed by atoms with Crippen LogP contribution in [0, 0.1) is 16.7 Å². The SMILES string of the molecule is CC(=O)OC(C)C1(O)CCC2(O)C3(O)CC(O)C4(O)CC(O)CCC4(C)C3CC(OC(=O)C=Cc3ccccc3)C12C. The van der Waals surface area contributed by atoms with Crippen molar-refractivity contribution in [3.63, 3.8) is 0 Å². The topological polar surface area (TPSA) is 174 Å². The van der Waals surface area contributed by atoms with Crippen LogP contribution >= 0.6 is 0 Å². The van der Waals surface area contributed by atoms with E-state index in [0.29, 0.717) is 6.42 Å². The van der Waals surface area contributed by atoms with Gasteiger partial charge in [0.2, 0.25) is 0 Å². The molecule has 4 aliphatic carbocycles. The average Bonchev–Trinajstić information content (AvgIpc) is 3.15. The molecular formula is C32H44O10. The standard InChI is InChI=1S/C32H44O10/c1-19(41-20(2)33)29(37)14-15-32(40)28(29,4)25(42-26(36)11-10-21-8-6-5-7-9-21)16-23-27(3)13-12-22(34)17-31(27,39)24(35)18-30(23,32)38/h5-11,19,22-25,34-35,37-40H,12-18H2,1-4H3. The third kappa shape index (κ3) is 4.06. The number of hydrogen-bond acceptors (Lipinski definition) is 10. The molecule has 4 aliphatic rings. The molecule has 232 valence electrons. The van der Waals surface area contributed by atoms with Gasteiger partial charge in [-0.2, -0.15) is 0 Å². The zero-order chi connectivity index (χ0) is 30.9. The molecule has 10 heteroatoms. The Kier molecular flexibility index (Phi) is 7.48. The molecule has 42 heavy (non-hydrogen) atoms. The fourth-order valence-corrected chi connectivity index (χ4v) is 9.37. The van der Waals surface area contributed by atoms with Crippen molar-refractivity contribution in [3.05, 3.63) is 42.0 Å². The first-order valence-electron chi connectivity index (χ1n) is 14.8. The molecule has 0 aromatic heterocycles. The van der Waals surface area contributed by atoms with Crippen molar-refractivity contribution in [2.45, 2.75) is 119 Å². The first kappa shape index (κ1) is 31.1. The lowest BCUT2D eigenvalue weighted by molar-refractivity contribution is -0.372. The molecule has 0 bridgehead atoms. The van der Waals surface area contributed by atoms with E-state index >= 15 is 0 Å². The Labute approximate surface area is 246 Å². The highest BCUT2D eigenvalue weighted by Crippen LogP contribution is 2.72. The molecule has 1 aromatic rings. The Balaban J connectivity index is 1.62. The van der Waals surface area contributed by atoms with Crippen LogP contribution in [0.5, 0.6) is 0 Å². The summed E-state index contributed by atoms with van der Waals surface area (Å²) < 4.78 is 11.5. The largest absolute Gasteiger partial charge is 0.460 e. The lowest BCUT2D eigenvalue weighted by Gasteiger charge is -2.71. The molecule has 4 fully saturated rings. The predicted molar refractivity (Wildman–Crippen MR) is 150 cm³/mol. The van der Waals surface area contributed by atoms with Crippen molar-refractivity contribution in [2.24, 2.45) is 16.7 Å². The van der Waals surface area contributed by atoms with E-state index in [2.05, 4.69) is 0 Å². The van der Waals surface area contributed by atoms with E-state index in [1.54, 1.807) is 13.0 Å². The van der Waals surface area contributed by atoms with Gasteiger partial charge in [0.1, 0.15) is 29.0 Å². The molecule has 5 rings (SSSR count). The normalized spacial score (nSPS) is 47.2. The second-order valence-electron chi connectivity index (χ2n) is 13.6. The van der Waals surface area contributed by atoms with Crippen molar-refractivity contribution in [3.8, 4) is 0 Å². The molecule has 0 aliphatic heterocycles. The Hall–Kier alpha value is -2.34. The second kappa shape index (κ2) is 10.1. The number of esters is 2. The molecule has 0 saturated heterocycles. The summed E-state index contributed by atoms with van der Waals surface area (Å²) in [5, 5.41) is 71.2. The Morgan fingerprint density at radius 1 is 0.976 bits per heavy atom. The molecule has 0 amide bonds. The number of carbonyl (C=O) groups excluding carboxylic acids is 2. The van der Waals surface area contributed by atoms with Crippen LogP contribution < -0.4 is 0 Å². The van der Waals surface area contributed by atoms with Gasteiger partial charge in [0.15, 0.2) is 0 Å². The van der Waals surface area contributed by atoms with Crippen LogP contribution in [-0.2, 0) is 19.1 Å². The zero-order valence-electron chi connectivity index (χ0n) is 24.7. The van der Waals surface area contributed by atoms with E-state index in [0.717, 1.165) is 5.56 Å². The number of fused-ring (bicyclic) bond motifs is 5. The summed E-state index contributed by atoms with van der Waals surface area (Å²) in [6.07, 6.45) is -2.09. The Morgan fingerprint density at radius 3 is 2.29 bits per heavy atom.